The van der Waals surface area contributed by atoms with Crippen molar-refractivity contribution >= 4 is 5.97 Å². The first-order valence-electron chi connectivity index (χ1n) is 7.30. The van der Waals surface area contributed by atoms with E-state index < -0.39 is 0 Å². The van der Waals surface area contributed by atoms with E-state index in [0.717, 1.165) is 38.2 Å². The number of carbonyl (C=O) groups is 1. The molecule has 0 radical (unpaired) electrons. The van der Waals surface area contributed by atoms with Crippen LogP contribution in [0.15, 0.2) is 4.52 Å². The number of aryl methyl sites for hydroxylation is 1. The zero-order chi connectivity index (χ0) is 14.5. The van der Waals surface area contributed by atoms with Crippen molar-refractivity contribution in [3.63, 3.8) is 0 Å². The number of likely N-dealkylation sites (tertiary alicyclic amines) is 1. The van der Waals surface area contributed by atoms with Crippen LogP contribution >= 0.6 is 0 Å². The third kappa shape index (κ3) is 3.79. The van der Waals surface area contributed by atoms with Gasteiger partial charge in [-0.3, -0.25) is 9.69 Å². The minimum absolute atomic E-state index is 0.136. The molecule has 1 aromatic rings. The second-order valence-electron chi connectivity index (χ2n) is 5.36. The highest BCUT2D eigenvalue weighted by atomic mass is 16.5. The van der Waals surface area contributed by atoms with E-state index in [1.54, 1.807) is 6.92 Å². The first kappa shape index (κ1) is 15.0. The molecule has 2 heterocycles. The maximum atomic E-state index is 11.8. The van der Waals surface area contributed by atoms with Gasteiger partial charge >= 0.3 is 5.97 Å². The van der Waals surface area contributed by atoms with Crippen LogP contribution in [0, 0.1) is 12.8 Å². The SMILES string of the molecule is CCOC(=O)C(C)N1CCCC(Cc2noc(C)n2)C1. The number of nitrogens with zero attached hydrogens (tertiary/aromatic N) is 3. The van der Waals surface area contributed by atoms with Gasteiger partial charge in [-0.25, -0.2) is 0 Å². The average Bonchev–Trinajstić information content (AvgIpc) is 2.84. The molecule has 0 aromatic carbocycles. The summed E-state index contributed by atoms with van der Waals surface area (Å²) in [6.07, 6.45) is 3.04. The van der Waals surface area contributed by atoms with Crippen LogP contribution in [0.3, 0.4) is 0 Å². The first-order valence-corrected chi connectivity index (χ1v) is 7.30. The average molecular weight is 281 g/mol. The molecule has 1 aromatic heterocycles. The molecule has 1 aliphatic rings. The van der Waals surface area contributed by atoms with Crippen LogP contribution in [0.1, 0.15) is 38.4 Å². The molecule has 2 atom stereocenters. The van der Waals surface area contributed by atoms with Crippen molar-refractivity contribution in [2.75, 3.05) is 19.7 Å². The molecule has 2 unspecified atom stereocenters. The van der Waals surface area contributed by atoms with E-state index in [-0.39, 0.29) is 12.0 Å². The predicted octanol–water partition coefficient (Wildman–Crippen LogP) is 1.58. The standard InChI is InChI=1S/C14H23N3O3/c1-4-19-14(18)10(2)17-7-5-6-12(9-17)8-13-15-11(3)20-16-13/h10,12H,4-9H2,1-3H3. The fourth-order valence-corrected chi connectivity index (χ4v) is 2.71. The molecule has 1 aliphatic heterocycles. The normalized spacial score (nSPS) is 21.6. The molecule has 0 aliphatic carbocycles. The van der Waals surface area contributed by atoms with Gasteiger partial charge in [0.05, 0.1) is 6.61 Å². The van der Waals surface area contributed by atoms with E-state index >= 15 is 0 Å². The third-order valence-corrected chi connectivity index (χ3v) is 3.77. The van der Waals surface area contributed by atoms with E-state index in [2.05, 4.69) is 15.0 Å². The molecule has 6 heteroatoms. The topological polar surface area (TPSA) is 68.5 Å². The minimum Gasteiger partial charge on any atom is -0.465 e. The van der Waals surface area contributed by atoms with E-state index in [4.69, 9.17) is 9.26 Å². The van der Waals surface area contributed by atoms with Crippen molar-refractivity contribution in [3.05, 3.63) is 11.7 Å². The number of ether oxygens (including phenoxy) is 1. The summed E-state index contributed by atoms with van der Waals surface area (Å²) in [5, 5.41) is 3.95. The minimum atomic E-state index is -0.176. The second kappa shape index (κ2) is 6.83. The van der Waals surface area contributed by atoms with Crippen LogP contribution in [0.2, 0.25) is 0 Å². The van der Waals surface area contributed by atoms with Crippen LogP contribution in [0.4, 0.5) is 0 Å². The van der Waals surface area contributed by atoms with Crippen molar-refractivity contribution in [2.45, 2.75) is 46.1 Å². The van der Waals surface area contributed by atoms with Crippen LogP contribution in [0.5, 0.6) is 0 Å². The molecular weight excluding hydrogens is 258 g/mol. The summed E-state index contributed by atoms with van der Waals surface area (Å²) in [4.78, 5) is 18.3. The van der Waals surface area contributed by atoms with Crippen LogP contribution in [-0.2, 0) is 16.0 Å². The van der Waals surface area contributed by atoms with Gasteiger partial charge in [0.2, 0.25) is 5.89 Å². The monoisotopic (exact) mass is 281 g/mol. The fourth-order valence-electron chi connectivity index (χ4n) is 2.71. The summed E-state index contributed by atoms with van der Waals surface area (Å²) >= 11 is 0. The number of esters is 1. The molecule has 1 fully saturated rings. The predicted molar refractivity (Wildman–Crippen MR) is 73.1 cm³/mol. The van der Waals surface area contributed by atoms with Gasteiger partial charge in [0.1, 0.15) is 6.04 Å². The van der Waals surface area contributed by atoms with Crippen molar-refractivity contribution in [2.24, 2.45) is 5.92 Å². The number of rotatable bonds is 5. The largest absolute Gasteiger partial charge is 0.465 e. The lowest BCUT2D eigenvalue weighted by molar-refractivity contribution is -0.149. The highest BCUT2D eigenvalue weighted by molar-refractivity contribution is 5.75. The van der Waals surface area contributed by atoms with E-state index in [9.17, 15) is 4.79 Å². The summed E-state index contributed by atoms with van der Waals surface area (Å²) in [5.41, 5.74) is 0. The van der Waals surface area contributed by atoms with Crippen LogP contribution in [-0.4, -0.2) is 46.7 Å². The smallest absolute Gasteiger partial charge is 0.323 e. The Morgan fingerprint density at radius 1 is 1.60 bits per heavy atom. The summed E-state index contributed by atoms with van der Waals surface area (Å²) < 4.78 is 10.1. The van der Waals surface area contributed by atoms with Crippen molar-refractivity contribution < 1.29 is 14.1 Å². The van der Waals surface area contributed by atoms with Gasteiger partial charge in [-0.05, 0) is 39.2 Å². The molecule has 0 spiro atoms. The lowest BCUT2D eigenvalue weighted by Gasteiger charge is -2.35. The molecule has 0 N–H and O–H groups in total. The van der Waals surface area contributed by atoms with Gasteiger partial charge in [-0.1, -0.05) is 5.16 Å². The Morgan fingerprint density at radius 3 is 3.05 bits per heavy atom. The first-order chi connectivity index (χ1) is 9.60. The number of piperidine rings is 1. The van der Waals surface area contributed by atoms with Gasteiger partial charge in [-0.2, -0.15) is 4.98 Å². The maximum absolute atomic E-state index is 11.8. The lowest BCUT2D eigenvalue weighted by atomic mass is 9.93. The molecule has 20 heavy (non-hydrogen) atoms. The van der Waals surface area contributed by atoms with Crippen molar-refractivity contribution in [1.82, 2.24) is 15.0 Å². The zero-order valence-corrected chi connectivity index (χ0v) is 12.5. The summed E-state index contributed by atoms with van der Waals surface area (Å²) in [7, 11) is 0. The second-order valence-corrected chi connectivity index (χ2v) is 5.36. The van der Waals surface area contributed by atoms with E-state index in [1.807, 2.05) is 13.8 Å². The van der Waals surface area contributed by atoms with Crippen molar-refractivity contribution in [1.29, 1.82) is 0 Å². The van der Waals surface area contributed by atoms with Gasteiger partial charge in [0.25, 0.3) is 0 Å². The third-order valence-electron chi connectivity index (χ3n) is 3.77. The number of hydrogen-bond acceptors (Lipinski definition) is 6. The number of carbonyl (C=O) groups excluding carboxylic acids is 1. The molecule has 0 saturated carbocycles. The summed E-state index contributed by atoms with van der Waals surface area (Å²) in [5.74, 6) is 1.70. The number of aromatic nitrogens is 2. The Labute approximate surface area is 119 Å². The fraction of sp³-hybridized carbons (Fsp3) is 0.786. The van der Waals surface area contributed by atoms with E-state index in [1.165, 1.54) is 0 Å². The molecule has 2 rings (SSSR count). The molecule has 112 valence electrons. The maximum Gasteiger partial charge on any atom is 0.323 e. The Morgan fingerprint density at radius 2 is 2.40 bits per heavy atom. The molecular formula is C14H23N3O3. The van der Waals surface area contributed by atoms with Gasteiger partial charge in [0, 0.05) is 19.9 Å². The van der Waals surface area contributed by atoms with Crippen LogP contribution in [0.25, 0.3) is 0 Å². The molecule has 1 saturated heterocycles. The Balaban J connectivity index is 1.89. The molecule has 6 nitrogen and oxygen atoms in total. The zero-order valence-electron chi connectivity index (χ0n) is 12.5. The molecule has 0 amide bonds. The van der Waals surface area contributed by atoms with Crippen LogP contribution < -0.4 is 0 Å². The van der Waals surface area contributed by atoms with Gasteiger partial charge in [-0.15, -0.1) is 0 Å². The lowest BCUT2D eigenvalue weighted by Crippen LogP contribution is -2.46. The molecule has 0 bridgehead atoms. The number of hydrogen-bond donors (Lipinski definition) is 0. The summed E-state index contributed by atoms with van der Waals surface area (Å²) in [6, 6.07) is -0.176. The Bertz CT molecular complexity index is 447. The quantitative estimate of drug-likeness (QED) is 0.763. The Hall–Kier alpha value is -1.43. The van der Waals surface area contributed by atoms with Gasteiger partial charge in [0.15, 0.2) is 5.82 Å². The summed E-state index contributed by atoms with van der Waals surface area (Å²) in [6.45, 7) is 7.81. The van der Waals surface area contributed by atoms with Gasteiger partial charge < -0.3 is 9.26 Å². The Kier molecular flexibility index (Phi) is 5.11. The van der Waals surface area contributed by atoms with Crippen molar-refractivity contribution in [3.8, 4) is 0 Å². The highest BCUT2D eigenvalue weighted by Gasteiger charge is 2.28. The highest BCUT2D eigenvalue weighted by Crippen LogP contribution is 2.21. The van der Waals surface area contributed by atoms with E-state index in [0.29, 0.717) is 18.4 Å².